The lowest BCUT2D eigenvalue weighted by molar-refractivity contribution is -0.231. The molecule has 0 radical (unpaired) electrons. The molecule has 1 saturated heterocycles. The molecule has 0 aliphatic carbocycles. The van der Waals surface area contributed by atoms with E-state index in [4.69, 9.17) is 9.47 Å². The fourth-order valence-corrected chi connectivity index (χ4v) is 3.91. The Morgan fingerprint density at radius 2 is 1.71 bits per heavy atom. The van der Waals surface area contributed by atoms with Crippen LogP contribution in [0.4, 0.5) is 4.79 Å². The molecule has 0 N–H and O–H groups in total. The zero-order valence-corrected chi connectivity index (χ0v) is 17.2. The Hall–Kier alpha value is -2.37. The molecule has 1 aliphatic rings. The summed E-state index contributed by atoms with van der Waals surface area (Å²) in [5, 5.41) is 0. The standard InChI is InChI=1S/C23H30N2O3/c1-5-20(21-14-10-7-11-15-21)17-27-23(24(3)4)18(2)28-22(26)25(23)16-19-12-8-6-9-13-19/h6-15,18,20H,5,16-17H2,1-4H3. The zero-order valence-electron chi connectivity index (χ0n) is 17.2. The molecule has 5 heteroatoms. The summed E-state index contributed by atoms with van der Waals surface area (Å²) in [5.74, 6) is -0.700. The summed E-state index contributed by atoms with van der Waals surface area (Å²) in [6.45, 7) is 4.99. The summed E-state index contributed by atoms with van der Waals surface area (Å²) in [6, 6.07) is 20.3. The van der Waals surface area contributed by atoms with Crippen LogP contribution in [0.2, 0.25) is 0 Å². The first-order chi connectivity index (χ1) is 13.5. The van der Waals surface area contributed by atoms with Crippen LogP contribution in [0.1, 0.15) is 37.3 Å². The lowest BCUT2D eigenvalue weighted by Crippen LogP contribution is -2.62. The Morgan fingerprint density at radius 1 is 1.11 bits per heavy atom. The van der Waals surface area contributed by atoms with Crippen molar-refractivity contribution in [3.63, 3.8) is 0 Å². The Labute approximate surface area is 167 Å². The van der Waals surface area contributed by atoms with Gasteiger partial charge in [-0.05, 0) is 38.6 Å². The van der Waals surface area contributed by atoms with Crippen LogP contribution >= 0.6 is 0 Å². The monoisotopic (exact) mass is 382 g/mol. The van der Waals surface area contributed by atoms with E-state index in [0.717, 1.165) is 12.0 Å². The normalized spacial score (nSPS) is 23.1. The third kappa shape index (κ3) is 3.91. The minimum absolute atomic E-state index is 0.250. The van der Waals surface area contributed by atoms with Gasteiger partial charge in [-0.25, -0.2) is 4.79 Å². The van der Waals surface area contributed by atoms with Crippen LogP contribution < -0.4 is 0 Å². The van der Waals surface area contributed by atoms with Crippen molar-refractivity contribution in [2.45, 2.75) is 44.7 Å². The van der Waals surface area contributed by atoms with E-state index >= 15 is 0 Å². The lowest BCUT2D eigenvalue weighted by atomic mass is 9.97. The summed E-state index contributed by atoms with van der Waals surface area (Å²) in [6.07, 6.45) is 0.194. The number of rotatable bonds is 8. The highest BCUT2D eigenvalue weighted by atomic mass is 16.6. The van der Waals surface area contributed by atoms with Crippen molar-refractivity contribution >= 4 is 6.09 Å². The first-order valence-corrected chi connectivity index (χ1v) is 9.87. The van der Waals surface area contributed by atoms with Gasteiger partial charge in [-0.2, -0.15) is 0 Å². The van der Waals surface area contributed by atoms with Gasteiger partial charge in [0.2, 0.25) is 5.85 Å². The average molecular weight is 383 g/mol. The molecule has 1 amide bonds. The molecule has 3 unspecified atom stereocenters. The SMILES string of the molecule is CCC(COC1(N(C)C)C(C)OC(=O)N1Cc1ccccc1)c1ccccc1. The van der Waals surface area contributed by atoms with E-state index in [9.17, 15) is 4.79 Å². The van der Waals surface area contributed by atoms with E-state index < -0.39 is 12.0 Å². The summed E-state index contributed by atoms with van der Waals surface area (Å²) in [4.78, 5) is 16.3. The van der Waals surface area contributed by atoms with Crippen LogP contribution in [-0.2, 0) is 16.0 Å². The summed E-state index contributed by atoms with van der Waals surface area (Å²) in [7, 11) is 3.86. The van der Waals surface area contributed by atoms with Gasteiger partial charge in [0.15, 0.2) is 6.10 Å². The van der Waals surface area contributed by atoms with Crippen LogP contribution in [0, 0.1) is 0 Å². The smallest absolute Gasteiger partial charge is 0.414 e. The molecule has 0 aromatic heterocycles. The second-order valence-electron chi connectivity index (χ2n) is 7.48. The van der Waals surface area contributed by atoms with Crippen molar-refractivity contribution in [3.05, 3.63) is 71.8 Å². The van der Waals surface area contributed by atoms with Crippen LogP contribution in [-0.4, -0.2) is 48.5 Å². The van der Waals surface area contributed by atoms with E-state index in [1.807, 2.05) is 74.4 Å². The molecule has 5 nitrogen and oxygen atoms in total. The third-order valence-corrected chi connectivity index (χ3v) is 5.50. The van der Waals surface area contributed by atoms with Crippen LogP contribution in [0.25, 0.3) is 0 Å². The van der Waals surface area contributed by atoms with E-state index in [0.29, 0.717) is 13.2 Å². The molecular weight excluding hydrogens is 352 g/mol. The van der Waals surface area contributed by atoms with Crippen molar-refractivity contribution in [2.75, 3.05) is 20.7 Å². The zero-order chi connectivity index (χ0) is 20.1. The molecule has 2 aromatic carbocycles. The maximum Gasteiger partial charge on any atom is 0.414 e. The second kappa shape index (κ2) is 8.76. The summed E-state index contributed by atoms with van der Waals surface area (Å²) in [5.41, 5.74) is 2.28. The number of benzene rings is 2. The maximum atomic E-state index is 12.7. The fraction of sp³-hybridized carbons (Fsp3) is 0.435. The van der Waals surface area contributed by atoms with Gasteiger partial charge in [-0.3, -0.25) is 9.80 Å². The van der Waals surface area contributed by atoms with Gasteiger partial charge in [0.25, 0.3) is 0 Å². The molecule has 0 spiro atoms. The number of carbonyl (C=O) groups excluding carboxylic acids is 1. The van der Waals surface area contributed by atoms with Gasteiger partial charge in [-0.15, -0.1) is 0 Å². The Bertz CT molecular complexity index is 766. The Kier molecular flexibility index (Phi) is 6.37. The maximum absolute atomic E-state index is 12.7. The molecule has 1 fully saturated rings. The number of hydrogen-bond donors (Lipinski definition) is 0. The van der Waals surface area contributed by atoms with E-state index in [1.165, 1.54) is 5.56 Å². The number of likely N-dealkylation sites (N-methyl/N-ethyl adjacent to an activating group) is 1. The fourth-order valence-electron chi connectivity index (χ4n) is 3.91. The van der Waals surface area contributed by atoms with Crippen LogP contribution in [0.15, 0.2) is 60.7 Å². The molecule has 2 aromatic rings. The molecule has 3 rings (SSSR count). The van der Waals surface area contributed by atoms with Crippen molar-refractivity contribution < 1.29 is 14.3 Å². The van der Waals surface area contributed by atoms with Crippen LogP contribution in [0.5, 0.6) is 0 Å². The number of nitrogens with zero attached hydrogens (tertiary/aromatic N) is 2. The van der Waals surface area contributed by atoms with E-state index in [-0.39, 0.29) is 12.0 Å². The summed E-state index contributed by atoms with van der Waals surface area (Å²) < 4.78 is 12.1. The second-order valence-corrected chi connectivity index (χ2v) is 7.48. The van der Waals surface area contributed by atoms with Gasteiger partial charge < -0.3 is 9.47 Å². The molecule has 150 valence electrons. The Morgan fingerprint density at radius 3 is 2.29 bits per heavy atom. The quantitative estimate of drug-likeness (QED) is 0.633. The highest BCUT2D eigenvalue weighted by Crippen LogP contribution is 2.36. The average Bonchev–Trinajstić information content (AvgIpc) is 2.94. The number of hydrogen-bond acceptors (Lipinski definition) is 4. The lowest BCUT2D eigenvalue weighted by Gasteiger charge is -2.43. The minimum atomic E-state index is -0.949. The van der Waals surface area contributed by atoms with Gasteiger partial charge in [0.1, 0.15) is 0 Å². The van der Waals surface area contributed by atoms with Gasteiger partial charge in [0.05, 0.1) is 13.2 Å². The topological polar surface area (TPSA) is 42.0 Å². The molecule has 0 bridgehead atoms. The molecule has 3 atom stereocenters. The molecule has 0 saturated carbocycles. The van der Waals surface area contributed by atoms with Gasteiger partial charge in [0, 0.05) is 5.92 Å². The van der Waals surface area contributed by atoms with Crippen LogP contribution in [0.3, 0.4) is 0 Å². The van der Waals surface area contributed by atoms with Crippen molar-refractivity contribution in [2.24, 2.45) is 0 Å². The molecule has 28 heavy (non-hydrogen) atoms. The van der Waals surface area contributed by atoms with Crippen molar-refractivity contribution in [3.8, 4) is 0 Å². The predicted molar refractivity (Wildman–Crippen MR) is 110 cm³/mol. The highest BCUT2D eigenvalue weighted by Gasteiger charge is 2.56. The third-order valence-electron chi connectivity index (χ3n) is 5.50. The number of amides is 1. The van der Waals surface area contributed by atoms with Crippen molar-refractivity contribution in [1.82, 2.24) is 9.80 Å². The van der Waals surface area contributed by atoms with Gasteiger partial charge in [-0.1, -0.05) is 67.6 Å². The largest absolute Gasteiger partial charge is 0.440 e. The first kappa shape index (κ1) is 20.4. The first-order valence-electron chi connectivity index (χ1n) is 9.87. The van der Waals surface area contributed by atoms with E-state index in [2.05, 4.69) is 19.1 Å². The van der Waals surface area contributed by atoms with Gasteiger partial charge >= 0.3 is 6.09 Å². The van der Waals surface area contributed by atoms with E-state index in [1.54, 1.807) is 4.90 Å². The van der Waals surface area contributed by atoms with Crippen molar-refractivity contribution in [1.29, 1.82) is 0 Å². The highest BCUT2D eigenvalue weighted by molar-refractivity contribution is 5.71. The molecule has 1 heterocycles. The minimum Gasteiger partial charge on any atom is -0.440 e. The number of cyclic esters (lactones) is 1. The number of carbonyl (C=O) groups is 1. The predicted octanol–water partition coefficient (Wildman–Crippen LogP) is 4.45. The number of ether oxygens (including phenoxy) is 2. The Balaban J connectivity index is 1.86. The summed E-state index contributed by atoms with van der Waals surface area (Å²) >= 11 is 0. The molecule has 1 aliphatic heterocycles. The molecular formula is C23H30N2O3.